The minimum atomic E-state index is -0.177. The number of ether oxygens (including phenoxy) is 1. The SMILES string of the molecule is COc1ccc(-c2n[nH]c(=S)n2CC(=O)Nc2ccc3c(ccn3CCN(C)C)c2)cc1. The molecule has 2 N–H and O–H groups in total. The number of carbonyl (C=O) groups excluding carboxylic acids is 1. The van der Waals surface area contributed by atoms with Crippen molar-refractivity contribution in [1.82, 2.24) is 24.2 Å². The normalized spacial score (nSPS) is 11.2. The van der Waals surface area contributed by atoms with Gasteiger partial charge < -0.3 is 19.5 Å². The smallest absolute Gasteiger partial charge is 0.244 e. The van der Waals surface area contributed by atoms with Crippen LogP contribution >= 0.6 is 12.2 Å². The molecule has 8 nitrogen and oxygen atoms in total. The van der Waals surface area contributed by atoms with Crippen LogP contribution in [-0.4, -0.2) is 57.9 Å². The van der Waals surface area contributed by atoms with Gasteiger partial charge in [0.1, 0.15) is 12.3 Å². The highest BCUT2D eigenvalue weighted by molar-refractivity contribution is 7.71. The van der Waals surface area contributed by atoms with E-state index in [1.165, 1.54) is 0 Å². The number of likely N-dealkylation sites (N-methyl/N-ethyl adjacent to an activating group) is 1. The largest absolute Gasteiger partial charge is 0.497 e. The van der Waals surface area contributed by atoms with Gasteiger partial charge in [-0.25, -0.2) is 0 Å². The highest BCUT2D eigenvalue weighted by Crippen LogP contribution is 2.22. The molecule has 2 heterocycles. The molecule has 9 heteroatoms. The molecule has 0 spiro atoms. The van der Waals surface area contributed by atoms with Gasteiger partial charge in [0.05, 0.1) is 7.11 Å². The first kappa shape index (κ1) is 21.8. The third kappa shape index (κ3) is 4.74. The second-order valence-electron chi connectivity index (χ2n) is 7.80. The van der Waals surface area contributed by atoms with Crippen LogP contribution in [0.3, 0.4) is 0 Å². The summed E-state index contributed by atoms with van der Waals surface area (Å²) < 4.78 is 9.49. The Bertz CT molecular complexity index is 1290. The molecule has 4 rings (SSSR count). The maximum absolute atomic E-state index is 12.8. The molecule has 0 bridgehead atoms. The van der Waals surface area contributed by atoms with E-state index >= 15 is 0 Å². The molecule has 0 aliphatic rings. The van der Waals surface area contributed by atoms with Gasteiger partial charge in [0.15, 0.2) is 10.6 Å². The number of benzene rings is 2. The van der Waals surface area contributed by atoms with Gasteiger partial charge in [0, 0.05) is 41.4 Å². The second kappa shape index (κ2) is 9.37. The fourth-order valence-electron chi connectivity index (χ4n) is 3.55. The number of hydrogen-bond acceptors (Lipinski definition) is 5. The Balaban J connectivity index is 1.49. The van der Waals surface area contributed by atoms with E-state index in [1.54, 1.807) is 11.7 Å². The standard InChI is InChI=1S/C23H26N6O2S/c1-27(2)12-13-28-11-10-17-14-18(6-9-20(17)28)24-21(30)15-29-22(25-26-23(29)32)16-4-7-19(31-3)8-5-16/h4-11,14H,12-13,15H2,1-3H3,(H,24,30)(H,26,32). The van der Waals surface area contributed by atoms with Crippen molar-refractivity contribution >= 4 is 34.7 Å². The summed E-state index contributed by atoms with van der Waals surface area (Å²) in [6.45, 7) is 1.93. The third-order valence-corrected chi connectivity index (χ3v) is 5.56. The van der Waals surface area contributed by atoms with E-state index in [1.807, 2.05) is 42.5 Å². The number of nitrogens with one attached hydrogen (secondary N) is 2. The molecule has 0 aliphatic heterocycles. The number of H-pyrrole nitrogens is 1. The number of methoxy groups -OCH3 is 1. The summed E-state index contributed by atoms with van der Waals surface area (Å²) in [7, 11) is 5.74. The van der Waals surface area contributed by atoms with Gasteiger partial charge in [-0.3, -0.25) is 14.5 Å². The lowest BCUT2D eigenvalue weighted by Gasteiger charge is -2.12. The van der Waals surface area contributed by atoms with E-state index in [0.29, 0.717) is 10.6 Å². The van der Waals surface area contributed by atoms with Crippen molar-refractivity contribution < 1.29 is 9.53 Å². The summed E-state index contributed by atoms with van der Waals surface area (Å²) in [5, 5.41) is 11.1. The number of fused-ring (bicyclic) bond motifs is 1. The topological polar surface area (TPSA) is 80.1 Å². The molecule has 2 aromatic carbocycles. The highest BCUT2D eigenvalue weighted by atomic mass is 32.1. The number of carbonyl (C=O) groups is 1. The van der Waals surface area contributed by atoms with E-state index in [2.05, 4.69) is 51.3 Å². The highest BCUT2D eigenvalue weighted by Gasteiger charge is 2.13. The molecular weight excluding hydrogens is 424 g/mol. The predicted molar refractivity (Wildman–Crippen MR) is 129 cm³/mol. The van der Waals surface area contributed by atoms with Gasteiger partial charge in [0.25, 0.3) is 0 Å². The van der Waals surface area contributed by atoms with Gasteiger partial charge in [-0.15, -0.1) is 0 Å². The van der Waals surface area contributed by atoms with Gasteiger partial charge in [0.2, 0.25) is 5.91 Å². The Morgan fingerprint density at radius 2 is 1.97 bits per heavy atom. The first-order chi connectivity index (χ1) is 15.4. The number of nitrogens with zero attached hydrogens (tertiary/aromatic N) is 4. The number of anilines is 1. The molecule has 0 radical (unpaired) electrons. The number of amides is 1. The van der Waals surface area contributed by atoms with E-state index in [4.69, 9.17) is 17.0 Å². The maximum atomic E-state index is 12.8. The lowest BCUT2D eigenvalue weighted by molar-refractivity contribution is -0.116. The minimum Gasteiger partial charge on any atom is -0.497 e. The van der Waals surface area contributed by atoms with Crippen molar-refractivity contribution in [3.05, 3.63) is 59.5 Å². The van der Waals surface area contributed by atoms with E-state index < -0.39 is 0 Å². The molecular formula is C23H26N6O2S. The van der Waals surface area contributed by atoms with Crippen molar-refractivity contribution in [3.8, 4) is 17.1 Å². The van der Waals surface area contributed by atoms with Gasteiger partial charge >= 0.3 is 0 Å². The van der Waals surface area contributed by atoms with Crippen LogP contribution in [-0.2, 0) is 17.9 Å². The first-order valence-electron chi connectivity index (χ1n) is 10.3. The van der Waals surface area contributed by atoms with Gasteiger partial charge in [-0.2, -0.15) is 5.10 Å². The monoisotopic (exact) mass is 450 g/mol. The molecule has 166 valence electrons. The van der Waals surface area contributed by atoms with Crippen LogP contribution in [0.25, 0.3) is 22.3 Å². The molecule has 4 aromatic rings. The lowest BCUT2D eigenvalue weighted by atomic mass is 10.2. The van der Waals surface area contributed by atoms with Crippen molar-refractivity contribution in [2.45, 2.75) is 13.1 Å². The molecule has 32 heavy (non-hydrogen) atoms. The Morgan fingerprint density at radius 3 is 2.69 bits per heavy atom. The molecule has 1 amide bonds. The van der Waals surface area contributed by atoms with E-state index in [0.717, 1.165) is 41.0 Å². The lowest BCUT2D eigenvalue weighted by Crippen LogP contribution is -2.19. The van der Waals surface area contributed by atoms with Crippen LogP contribution in [0.4, 0.5) is 5.69 Å². The molecule has 2 aromatic heterocycles. The number of aromatic amines is 1. The van der Waals surface area contributed by atoms with Gasteiger partial charge in [-0.1, -0.05) is 0 Å². The Kier molecular flexibility index (Phi) is 6.38. The summed E-state index contributed by atoms with van der Waals surface area (Å²) in [5.41, 5.74) is 2.73. The van der Waals surface area contributed by atoms with E-state index in [-0.39, 0.29) is 12.5 Å². The molecule has 0 atom stereocenters. The minimum absolute atomic E-state index is 0.0541. The maximum Gasteiger partial charge on any atom is 0.244 e. The quantitative estimate of drug-likeness (QED) is 0.400. The molecule has 0 unspecified atom stereocenters. The number of aromatic nitrogens is 4. The van der Waals surface area contributed by atoms with Crippen LogP contribution in [0, 0.1) is 4.77 Å². The zero-order chi connectivity index (χ0) is 22.7. The van der Waals surface area contributed by atoms with Crippen molar-refractivity contribution in [2.75, 3.05) is 33.1 Å². The number of rotatable bonds is 8. The second-order valence-corrected chi connectivity index (χ2v) is 8.19. The molecule has 0 saturated carbocycles. The molecule has 0 aliphatic carbocycles. The zero-order valence-corrected chi connectivity index (χ0v) is 19.1. The van der Waals surface area contributed by atoms with Crippen LogP contribution in [0.1, 0.15) is 0 Å². The van der Waals surface area contributed by atoms with Gasteiger partial charge in [-0.05, 0) is 74.8 Å². The Morgan fingerprint density at radius 1 is 1.19 bits per heavy atom. The van der Waals surface area contributed by atoms with E-state index in [9.17, 15) is 4.79 Å². The predicted octanol–water partition coefficient (Wildman–Crippen LogP) is 3.77. The van der Waals surface area contributed by atoms with Crippen molar-refractivity contribution in [2.24, 2.45) is 0 Å². The fraction of sp³-hybridized carbons (Fsp3) is 0.261. The average Bonchev–Trinajstić information content (AvgIpc) is 3.35. The molecule has 0 fully saturated rings. The summed E-state index contributed by atoms with van der Waals surface area (Å²) in [4.78, 5) is 14.9. The fourth-order valence-corrected chi connectivity index (χ4v) is 3.75. The Hall–Kier alpha value is -3.43. The molecule has 0 saturated heterocycles. The van der Waals surface area contributed by atoms with Crippen LogP contribution < -0.4 is 10.1 Å². The van der Waals surface area contributed by atoms with Crippen LogP contribution in [0.2, 0.25) is 0 Å². The zero-order valence-electron chi connectivity index (χ0n) is 18.3. The van der Waals surface area contributed by atoms with Crippen molar-refractivity contribution in [1.29, 1.82) is 0 Å². The third-order valence-electron chi connectivity index (χ3n) is 5.25. The summed E-state index contributed by atoms with van der Waals surface area (Å²) in [6, 6.07) is 15.5. The summed E-state index contributed by atoms with van der Waals surface area (Å²) in [5.74, 6) is 1.17. The Labute approximate surface area is 191 Å². The summed E-state index contributed by atoms with van der Waals surface area (Å²) >= 11 is 5.35. The summed E-state index contributed by atoms with van der Waals surface area (Å²) in [6.07, 6.45) is 2.08. The van der Waals surface area contributed by atoms with Crippen LogP contribution in [0.5, 0.6) is 5.75 Å². The van der Waals surface area contributed by atoms with Crippen LogP contribution in [0.15, 0.2) is 54.7 Å². The average molecular weight is 451 g/mol. The van der Waals surface area contributed by atoms with Crippen molar-refractivity contribution in [3.63, 3.8) is 0 Å². The first-order valence-corrected chi connectivity index (χ1v) is 10.7. The number of hydrogen-bond donors (Lipinski definition) is 2.